The number of carbonyl (C=O) groups is 2. The Balaban J connectivity index is 2.63. The molecule has 2 amide bonds. The van der Waals surface area contributed by atoms with Crippen molar-refractivity contribution in [3.8, 4) is 0 Å². The second-order valence-electron chi connectivity index (χ2n) is 5.90. The molecule has 1 aliphatic heterocycles. The minimum Gasteiger partial charge on any atom is -0.481 e. The van der Waals surface area contributed by atoms with Gasteiger partial charge >= 0.3 is 12.0 Å². The fourth-order valence-corrected chi connectivity index (χ4v) is 2.54. The number of nitrogens with zero attached hydrogens (tertiary/aromatic N) is 3. The Morgan fingerprint density at radius 2 is 1.85 bits per heavy atom. The Morgan fingerprint density at radius 1 is 1.20 bits per heavy atom. The smallest absolute Gasteiger partial charge is 0.320 e. The molecule has 1 N–H and O–H groups in total. The van der Waals surface area contributed by atoms with Crippen LogP contribution in [0.3, 0.4) is 0 Å². The van der Waals surface area contributed by atoms with E-state index in [1.807, 2.05) is 37.7 Å². The number of urea groups is 1. The molecule has 1 saturated heterocycles. The molecule has 0 aliphatic carbocycles. The Labute approximate surface area is 121 Å². The first kappa shape index (κ1) is 16.8. The van der Waals surface area contributed by atoms with Gasteiger partial charge in [-0.15, -0.1) is 0 Å². The maximum Gasteiger partial charge on any atom is 0.320 e. The zero-order valence-corrected chi connectivity index (χ0v) is 13.0. The lowest BCUT2D eigenvalue weighted by Crippen LogP contribution is -2.45. The molecule has 1 rings (SSSR count). The molecule has 0 aromatic heterocycles. The number of carboxylic acid groups (broad SMARTS) is 1. The number of aliphatic carboxylic acids is 1. The number of hydrogen-bond acceptors (Lipinski definition) is 3. The van der Waals surface area contributed by atoms with Crippen LogP contribution in [0.2, 0.25) is 0 Å². The zero-order chi connectivity index (χ0) is 15.3. The molecule has 1 fully saturated rings. The maximum absolute atomic E-state index is 12.5. The van der Waals surface area contributed by atoms with Gasteiger partial charge in [0.25, 0.3) is 0 Å². The van der Waals surface area contributed by atoms with Crippen molar-refractivity contribution in [2.45, 2.75) is 20.3 Å². The van der Waals surface area contributed by atoms with Crippen molar-refractivity contribution in [3.63, 3.8) is 0 Å². The Hall–Kier alpha value is -1.30. The first-order chi connectivity index (χ1) is 9.36. The SMILES string of the molecule is CCCN(CCN(C)C)C(=O)N1CC(C)C(C(=O)O)C1. The molecule has 116 valence electrons. The van der Waals surface area contributed by atoms with Crippen molar-refractivity contribution in [3.05, 3.63) is 0 Å². The summed E-state index contributed by atoms with van der Waals surface area (Å²) < 4.78 is 0. The number of likely N-dealkylation sites (N-methyl/N-ethyl adjacent to an activating group) is 1. The van der Waals surface area contributed by atoms with Gasteiger partial charge in [0.15, 0.2) is 0 Å². The van der Waals surface area contributed by atoms with E-state index in [4.69, 9.17) is 5.11 Å². The van der Waals surface area contributed by atoms with Crippen molar-refractivity contribution in [2.75, 3.05) is 46.8 Å². The van der Waals surface area contributed by atoms with Crippen LogP contribution in [0.25, 0.3) is 0 Å². The Kier molecular flexibility index (Phi) is 6.26. The molecule has 2 atom stereocenters. The van der Waals surface area contributed by atoms with Crippen molar-refractivity contribution in [1.82, 2.24) is 14.7 Å². The fourth-order valence-electron chi connectivity index (χ4n) is 2.54. The lowest BCUT2D eigenvalue weighted by atomic mass is 9.99. The third kappa shape index (κ3) is 4.37. The summed E-state index contributed by atoms with van der Waals surface area (Å²) in [4.78, 5) is 29.2. The van der Waals surface area contributed by atoms with E-state index in [-0.39, 0.29) is 11.9 Å². The summed E-state index contributed by atoms with van der Waals surface area (Å²) in [6.07, 6.45) is 0.908. The van der Waals surface area contributed by atoms with E-state index < -0.39 is 11.9 Å². The van der Waals surface area contributed by atoms with Gasteiger partial charge in [-0.25, -0.2) is 4.79 Å². The molecule has 2 unspecified atom stereocenters. The average Bonchev–Trinajstić information content (AvgIpc) is 2.75. The van der Waals surface area contributed by atoms with Crippen molar-refractivity contribution < 1.29 is 14.7 Å². The lowest BCUT2D eigenvalue weighted by molar-refractivity contribution is -0.142. The second-order valence-corrected chi connectivity index (χ2v) is 5.90. The quantitative estimate of drug-likeness (QED) is 0.792. The molecule has 0 spiro atoms. The number of rotatable bonds is 6. The minimum absolute atomic E-state index is 0.0220. The van der Waals surface area contributed by atoms with Crippen LogP contribution >= 0.6 is 0 Å². The van der Waals surface area contributed by atoms with Gasteiger partial charge in [0.05, 0.1) is 5.92 Å². The highest BCUT2D eigenvalue weighted by atomic mass is 16.4. The van der Waals surface area contributed by atoms with E-state index in [1.54, 1.807) is 4.90 Å². The first-order valence-electron chi connectivity index (χ1n) is 7.28. The topological polar surface area (TPSA) is 64.1 Å². The fraction of sp³-hybridized carbons (Fsp3) is 0.857. The van der Waals surface area contributed by atoms with Gasteiger partial charge in [-0.3, -0.25) is 4.79 Å². The molecule has 6 nitrogen and oxygen atoms in total. The normalized spacial score (nSPS) is 22.4. The predicted octanol–water partition coefficient (Wildman–Crippen LogP) is 1.03. The number of hydrogen-bond donors (Lipinski definition) is 1. The van der Waals surface area contributed by atoms with E-state index in [0.717, 1.165) is 19.5 Å². The largest absolute Gasteiger partial charge is 0.481 e. The molecule has 0 radical (unpaired) electrons. The van der Waals surface area contributed by atoms with Crippen LogP contribution in [0.5, 0.6) is 0 Å². The van der Waals surface area contributed by atoms with E-state index in [1.165, 1.54) is 0 Å². The molecular formula is C14H27N3O3. The molecule has 0 aromatic rings. The van der Waals surface area contributed by atoms with Gasteiger partial charge in [-0.2, -0.15) is 0 Å². The van der Waals surface area contributed by atoms with Crippen molar-refractivity contribution in [1.29, 1.82) is 0 Å². The molecule has 0 aromatic carbocycles. The predicted molar refractivity (Wildman–Crippen MR) is 77.7 cm³/mol. The molecular weight excluding hydrogens is 258 g/mol. The van der Waals surface area contributed by atoms with Gasteiger partial charge in [0, 0.05) is 32.7 Å². The van der Waals surface area contributed by atoms with Gasteiger partial charge in [0.2, 0.25) is 0 Å². The lowest BCUT2D eigenvalue weighted by Gasteiger charge is -2.29. The summed E-state index contributed by atoms with van der Waals surface area (Å²) in [5, 5.41) is 9.14. The van der Waals surface area contributed by atoms with Crippen molar-refractivity contribution in [2.24, 2.45) is 11.8 Å². The molecule has 6 heteroatoms. The average molecular weight is 285 g/mol. The molecule has 20 heavy (non-hydrogen) atoms. The van der Waals surface area contributed by atoms with E-state index in [0.29, 0.717) is 19.6 Å². The minimum atomic E-state index is -0.803. The molecule has 0 bridgehead atoms. The summed E-state index contributed by atoms with van der Waals surface area (Å²) in [6, 6.07) is -0.0238. The number of carbonyl (C=O) groups excluding carboxylic acids is 1. The van der Waals surface area contributed by atoms with E-state index in [9.17, 15) is 9.59 Å². The summed E-state index contributed by atoms with van der Waals surface area (Å²) in [5.41, 5.74) is 0. The number of likely N-dealkylation sites (tertiary alicyclic amines) is 1. The van der Waals surface area contributed by atoms with Gasteiger partial charge in [-0.05, 0) is 26.4 Å². The highest BCUT2D eigenvalue weighted by Crippen LogP contribution is 2.24. The van der Waals surface area contributed by atoms with Gasteiger partial charge < -0.3 is 19.8 Å². The second kappa shape index (κ2) is 7.47. The Bertz CT molecular complexity index is 347. The van der Waals surface area contributed by atoms with Crippen LogP contribution in [-0.4, -0.2) is 78.6 Å². The third-order valence-corrected chi connectivity index (χ3v) is 3.78. The van der Waals surface area contributed by atoms with Gasteiger partial charge in [0.1, 0.15) is 0 Å². The number of carboxylic acids is 1. The first-order valence-corrected chi connectivity index (χ1v) is 7.28. The molecule has 0 saturated carbocycles. The zero-order valence-electron chi connectivity index (χ0n) is 13.0. The van der Waals surface area contributed by atoms with Crippen LogP contribution in [0.15, 0.2) is 0 Å². The van der Waals surface area contributed by atoms with E-state index in [2.05, 4.69) is 0 Å². The van der Waals surface area contributed by atoms with Crippen LogP contribution in [0.4, 0.5) is 4.79 Å². The highest BCUT2D eigenvalue weighted by molar-refractivity contribution is 5.77. The van der Waals surface area contributed by atoms with Crippen LogP contribution < -0.4 is 0 Å². The monoisotopic (exact) mass is 285 g/mol. The van der Waals surface area contributed by atoms with Crippen LogP contribution in [0, 0.1) is 11.8 Å². The van der Waals surface area contributed by atoms with Crippen LogP contribution in [-0.2, 0) is 4.79 Å². The highest BCUT2D eigenvalue weighted by Gasteiger charge is 2.38. The summed E-state index contributed by atoms with van der Waals surface area (Å²) in [5.74, 6) is -1.21. The van der Waals surface area contributed by atoms with Crippen molar-refractivity contribution >= 4 is 12.0 Å². The summed E-state index contributed by atoms with van der Waals surface area (Å²) >= 11 is 0. The van der Waals surface area contributed by atoms with Crippen LogP contribution in [0.1, 0.15) is 20.3 Å². The third-order valence-electron chi connectivity index (χ3n) is 3.78. The summed E-state index contributed by atoms with van der Waals surface area (Å²) in [6.45, 7) is 7.03. The Morgan fingerprint density at radius 3 is 2.30 bits per heavy atom. The summed E-state index contributed by atoms with van der Waals surface area (Å²) in [7, 11) is 3.96. The maximum atomic E-state index is 12.5. The van der Waals surface area contributed by atoms with E-state index >= 15 is 0 Å². The standard InChI is InChI=1S/C14H27N3O3/c1-5-6-16(8-7-15(3)4)14(20)17-9-11(2)12(10-17)13(18)19/h11-12H,5-10H2,1-4H3,(H,18,19). The molecule has 1 aliphatic rings. The molecule has 1 heterocycles. The van der Waals surface area contributed by atoms with Gasteiger partial charge in [-0.1, -0.05) is 13.8 Å². The number of amides is 2.